The molecule has 0 aromatic heterocycles. The van der Waals surface area contributed by atoms with Gasteiger partial charge in [0.2, 0.25) is 0 Å². The van der Waals surface area contributed by atoms with Crippen molar-refractivity contribution in [1.82, 2.24) is 0 Å². The Hall–Kier alpha value is -3.23. The Bertz CT molecular complexity index is 1330. The molecular formula is C29H23O3P. The lowest BCUT2D eigenvalue weighted by Gasteiger charge is -2.31. The zero-order valence-electron chi connectivity index (χ0n) is 18.2. The van der Waals surface area contributed by atoms with Crippen LogP contribution in [0.5, 0.6) is 5.75 Å². The number of rotatable bonds is 4. The summed E-state index contributed by atoms with van der Waals surface area (Å²) in [6.07, 6.45) is -0.227. The lowest BCUT2D eigenvalue weighted by molar-refractivity contribution is 0.0850. The van der Waals surface area contributed by atoms with Crippen LogP contribution in [0, 0.1) is 0 Å². The van der Waals surface area contributed by atoms with Crippen LogP contribution in [0.3, 0.4) is 0 Å². The minimum Gasteiger partial charge on any atom is -0.425 e. The van der Waals surface area contributed by atoms with E-state index in [4.69, 9.17) is 13.6 Å². The van der Waals surface area contributed by atoms with Gasteiger partial charge >= 0.3 is 8.60 Å². The van der Waals surface area contributed by atoms with Gasteiger partial charge in [0.1, 0.15) is 11.9 Å². The zero-order valence-corrected chi connectivity index (χ0v) is 19.1. The van der Waals surface area contributed by atoms with Crippen molar-refractivity contribution in [3.63, 3.8) is 0 Å². The van der Waals surface area contributed by atoms with Gasteiger partial charge in [-0.05, 0) is 34.9 Å². The van der Waals surface area contributed by atoms with Crippen LogP contribution in [0.2, 0.25) is 0 Å². The summed E-state index contributed by atoms with van der Waals surface area (Å²) in [5.41, 5.74) is 1.37. The first-order valence-corrected chi connectivity index (χ1v) is 12.2. The van der Waals surface area contributed by atoms with E-state index in [1.807, 2.05) is 60.7 Å². The van der Waals surface area contributed by atoms with Crippen molar-refractivity contribution in [2.75, 3.05) is 0 Å². The normalized spacial score (nSPS) is 19.7. The highest BCUT2D eigenvalue weighted by Crippen LogP contribution is 2.60. The number of fused-ring (bicyclic) bond motifs is 2. The van der Waals surface area contributed by atoms with E-state index in [1.165, 1.54) is 0 Å². The van der Waals surface area contributed by atoms with Crippen LogP contribution < -0.4 is 4.52 Å². The Morgan fingerprint density at radius 3 is 1.70 bits per heavy atom. The molecule has 0 radical (unpaired) electrons. The molecule has 0 bridgehead atoms. The van der Waals surface area contributed by atoms with Gasteiger partial charge in [0.25, 0.3) is 0 Å². The van der Waals surface area contributed by atoms with Crippen molar-refractivity contribution < 1.29 is 13.6 Å². The molecule has 0 N–H and O–H groups in total. The maximum Gasteiger partial charge on any atom is 0.399 e. The van der Waals surface area contributed by atoms with Crippen molar-refractivity contribution in [2.45, 2.75) is 18.6 Å². The molecule has 4 heteroatoms. The number of hydrogen-bond donors (Lipinski definition) is 0. The fourth-order valence-electron chi connectivity index (χ4n) is 4.71. The average molecular weight is 450 g/mol. The first kappa shape index (κ1) is 20.4. The second kappa shape index (κ2) is 8.28. The van der Waals surface area contributed by atoms with E-state index in [-0.39, 0.29) is 6.10 Å². The molecule has 33 heavy (non-hydrogen) atoms. The van der Waals surface area contributed by atoms with E-state index in [0.29, 0.717) is 0 Å². The van der Waals surface area contributed by atoms with Gasteiger partial charge in [0, 0.05) is 10.8 Å². The van der Waals surface area contributed by atoms with Crippen molar-refractivity contribution in [1.29, 1.82) is 0 Å². The predicted molar refractivity (Wildman–Crippen MR) is 134 cm³/mol. The van der Waals surface area contributed by atoms with E-state index in [2.05, 4.69) is 61.5 Å². The van der Waals surface area contributed by atoms with E-state index in [9.17, 15) is 0 Å². The van der Waals surface area contributed by atoms with Crippen LogP contribution >= 0.6 is 8.60 Å². The van der Waals surface area contributed by atoms with Crippen LogP contribution in [0.15, 0.2) is 115 Å². The van der Waals surface area contributed by atoms with Gasteiger partial charge in [0.05, 0.1) is 0 Å². The fourth-order valence-corrected chi connectivity index (χ4v) is 6.18. The maximum absolute atomic E-state index is 6.76. The largest absolute Gasteiger partial charge is 0.425 e. The van der Waals surface area contributed by atoms with E-state index < -0.39 is 14.2 Å². The first-order valence-electron chi connectivity index (χ1n) is 11.1. The highest BCUT2D eigenvalue weighted by molar-refractivity contribution is 7.42. The van der Waals surface area contributed by atoms with E-state index in [0.717, 1.165) is 38.4 Å². The van der Waals surface area contributed by atoms with Gasteiger partial charge in [-0.1, -0.05) is 109 Å². The summed E-state index contributed by atoms with van der Waals surface area (Å²) in [4.78, 5) is 0. The van der Waals surface area contributed by atoms with Crippen molar-refractivity contribution in [3.05, 3.63) is 126 Å². The highest BCUT2D eigenvalue weighted by atomic mass is 31.2. The van der Waals surface area contributed by atoms with Crippen LogP contribution in [-0.2, 0) is 14.6 Å². The van der Waals surface area contributed by atoms with Crippen LogP contribution in [0.25, 0.3) is 21.5 Å². The molecule has 1 saturated heterocycles. The first-order chi connectivity index (χ1) is 16.3. The standard InChI is InChI=1S/C29H23O3P/c1-21-29(24-14-4-2-5-15-24,25-16-6-3-7-17-25)32-33(30-21)31-28-26-18-10-8-12-22(26)20-23-13-9-11-19-27(23)28/h2-21H,1H3/t21-,33?/m0/s1. The minimum absolute atomic E-state index is 0.227. The predicted octanol–water partition coefficient (Wildman–Crippen LogP) is 7.98. The third kappa shape index (κ3) is 3.41. The summed E-state index contributed by atoms with van der Waals surface area (Å²) in [6.45, 7) is 2.06. The molecule has 0 saturated carbocycles. The summed E-state index contributed by atoms with van der Waals surface area (Å²) >= 11 is 0. The summed E-state index contributed by atoms with van der Waals surface area (Å²) in [7, 11) is -1.64. The molecule has 5 aromatic rings. The lowest BCUT2D eigenvalue weighted by atomic mass is 9.82. The van der Waals surface area contributed by atoms with Crippen molar-refractivity contribution in [3.8, 4) is 5.75 Å². The SMILES string of the molecule is C[C@@H]1OP(Oc2c3ccccc3cc3ccccc23)OC1(c1ccccc1)c1ccccc1. The topological polar surface area (TPSA) is 27.7 Å². The van der Waals surface area contributed by atoms with E-state index in [1.54, 1.807) is 0 Å². The molecule has 6 rings (SSSR count). The van der Waals surface area contributed by atoms with E-state index >= 15 is 0 Å². The minimum atomic E-state index is -1.64. The molecule has 1 fully saturated rings. The highest BCUT2D eigenvalue weighted by Gasteiger charge is 2.52. The van der Waals surface area contributed by atoms with Crippen molar-refractivity contribution in [2.24, 2.45) is 0 Å². The van der Waals surface area contributed by atoms with Crippen LogP contribution in [0.4, 0.5) is 0 Å². The van der Waals surface area contributed by atoms with Gasteiger partial charge in [0.15, 0.2) is 5.60 Å². The lowest BCUT2D eigenvalue weighted by Crippen LogP contribution is -2.36. The molecule has 162 valence electrons. The van der Waals surface area contributed by atoms with Crippen molar-refractivity contribution >= 4 is 30.1 Å². The Labute approximate surface area is 194 Å². The molecule has 3 nitrogen and oxygen atoms in total. The Kier molecular flexibility index (Phi) is 5.11. The molecule has 0 amide bonds. The third-order valence-corrected chi connectivity index (χ3v) is 7.59. The quantitative estimate of drug-likeness (QED) is 0.205. The molecule has 1 aliphatic rings. The smallest absolute Gasteiger partial charge is 0.399 e. The summed E-state index contributed by atoms with van der Waals surface area (Å²) in [5.74, 6) is 0.805. The number of benzene rings is 5. The van der Waals surface area contributed by atoms with Gasteiger partial charge in [-0.2, -0.15) is 0 Å². The molecule has 1 aliphatic heterocycles. The Morgan fingerprint density at radius 2 is 1.15 bits per heavy atom. The van der Waals surface area contributed by atoms with Crippen LogP contribution in [0.1, 0.15) is 18.1 Å². The molecule has 0 spiro atoms. The maximum atomic E-state index is 6.76. The molecular weight excluding hydrogens is 427 g/mol. The van der Waals surface area contributed by atoms with Gasteiger partial charge in [-0.3, -0.25) is 9.05 Å². The molecule has 0 aliphatic carbocycles. The van der Waals surface area contributed by atoms with Gasteiger partial charge in [-0.25, -0.2) is 0 Å². The number of hydrogen-bond acceptors (Lipinski definition) is 3. The summed E-state index contributed by atoms with van der Waals surface area (Å²) in [6, 6.07) is 39.3. The molecule has 5 aromatic carbocycles. The monoisotopic (exact) mass is 450 g/mol. The van der Waals surface area contributed by atoms with Crippen LogP contribution in [-0.4, -0.2) is 6.10 Å². The Balaban J connectivity index is 1.46. The average Bonchev–Trinajstić information content (AvgIpc) is 3.21. The summed E-state index contributed by atoms with van der Waals surface area (Å²) < 4.78 is 19.8. The second-order valence-electron chi connectivity index (χ2n) is 8.27. The second-order valence-corrected chi connectivity index (χ2v) is 9.29. The van der Waals surface area contributed by atoms with Gasteiger partial charge in [-0.15, -0.1) is 0 Å². The molecule has 1 unspecified atom stereocenters. The van der Waals surface area contributed by atoms with Gasteiger partial charge < -0.3 is 4.52 Å². The zero-order chi connectivity index (χ0) is 22.3. The fraction of sp³-hybridized carbons (Fsp3) is 0.103. The molecule has 2 atom stereocenters. The third-order valence-electron chi connectivity index (χ3n) is 6.33. The molecule has 1 heterocycles. The Morgan fingerprint density at radius 1 is 0.667 bits per heavy atom. The summed E-state index contributed by atoms with van der Waals surface area (Å²) in [5, 5.41) is 4.36.